The molecule has 0 spiro atoms. The van der Waals surface area contributed by atoms with Gasteiger partial charge in [0.15, 0.2) is 5.69 Å². The number of hydrogen-bond donors (Lipinski definition) is 2. The van der Waals surface area contributed by atoms with E-state index in [0.29, 0.717) is 11.1 Å². The summed E-state index contributed by atoms with van der Waals surface area (Å²) in [5.74, 6) is -0.748. The molecule has 1 heterocycles. The first-order valence-electron chi connectivity index (χ1n) is 4.96. The first-order valence-corrected chi connectivity index (χ1v) is 4.96. The van der Waals surface area contributed by atoms with Crippen LogP contribution in [0, 0.1) is 17.0 Å². The third-order valence-electron chi connectivity index (χ3n) is 2.46. The van der Waals surface area contributed by atoms with Gasteiger partial charge in [-0.2, -0.15) is 15.4 Å². The van der Waals surface area contributed by atoms with Crippen molar-refractivity contribution in [3.8, 4) is 11.3 Å². The van der Waals surface area contributed by atoms with E-state index in [4.69, 9.17) is 5.73 Å². The summed E-state index contributed by atoms with van der Waals surface area (Å²) in [7, 11) is 0. The van der Waals surface area contributed by atoms with Gasteiger partial charge in [0.2, 0.25) is 0 Å². The van der Waals surface area contributed by atoms with Crippen molar-refractivity contribution in [1.82, 2.24) is 15.4 Å². The molecule has 0 fully saturated rings. The lowest BCUT2D eigenvalue weighted by Gasteiger charge is -2.01. The van der Waals surface area contributed by atoms with Crippen LogP contribution in [0.2, 0.25) is 0 Å². The van der Waals surface area contributed by atoms with Gasteiger partial charge in [0.05, 0.1) is 4.92 Å². The van der Waals surface area contributed by atoms with Crippen molar-refractivity contribution < 1.29 is 9.72 Å². The lowest BCUT2D eigenvalue weighted by molar-refractivity contribution is -0.385. The van der Waals surface area contributed by atoms with Crippen LogP contribution in [-0.2, 0) is 0 Å². The molecule has 0 aliphatic heterocycles. The summed E-state index contributed by atoms with van der Waals surface area (Å²) in [6.07, 6.45) is 0. The van der Waals surface area contributed by atoms with Crippen molar-refractivity contribution in [3.63, 3.8) is 0 Å². The molecule has 0 radical (unpaired) electrons. The number of nitrogens with two attached hydrogens (primary N) is 1. The number of H-pyrrole nitrogens is 1. The first kappa shape index (κ1) is 11.7. The molecule has 0 unspecified atom stereocenters. The van der Waals surface area contributed by atoms with Crippen LogP contribution >= 0.6 is 0 Å². The number of nitro benzene ring substituents is 1. The molecule has 0 aliphatic rings. The predicted molar refractivity (Wildman–Crippen MR) is 61.7 cm³/mol. The fraction of sp³-hybridized carbons (Fsp3) is 0.100. The summed E-state index contributed by atoms with van der Waals surface area (Å²) in [4.78, 5) is 21.4. The van der Waals surface area contributed by atoms with E-state index in [2.05, 4.69) is 15.4 Å². The van der Waals surface area contributed by atoms with Gasteiger partial charge in [0.1, 0.15) is 5.69 Å². The Kier molecular flexibility index (Phi) is 2.76. The van der Waals surface area contributed by atoms with Gasteiger partial charge in [-0.15, -0.1) is 0 Å². The van der Waals surface area contributed by atoms with Gasteiger partial charge in [0, 0.05) is 17.2 Å². The van der Waals surface area contributed by atoms with Crippen LogP contribution in [0.3, 0.4) is 0 Å². The minimum absolute atomic E-state index is 0.0480. The maximum Gasteiger partial charge on any atom is 0.272 e. The van der Waals surface area contributed by atoms with Crippen molar-refractivity contribution in [1.29, 1.82) is 0 Å². The molecule has 0 saturated heterocycles. The van der Waals surface area contributed by atoms with E-state index in [-0.39, 0.29) is 17.1 Å². The molecule has 1 amide bonds. The van der Waals surface area contributed by atoms with E-state index in [9.17, 15) is 14.9 Å². The fourth-order valence-electron chi connectivity index (χ4n) is 1.56. The Labute approximate surface area is 101 Å². The van der Waals surface area contributed by atoms with E-state index < -0.39 is 10.8 Å². The number of benzene rings is 1. The van der Waals surface area contributed by atoms with Gasteiger partial charge in [-0.05, 0) is 6.92 Å². The van der Waals surface area contributed by atoms with E-state index >= 15 is 0 Å². The molecule has 3 N–H and O–H groups in total. The molecular weight excluding hydrogens is 238 g/mol. The van der Waals surface area contributed by atoms with Crippen LogP contribution < -0.4 is 5.73 Å². The molecule has 1 aromatic heterocycles. The molecule has 2 aromatic rings. The smallest absolute Gasteiger partial charge is 0.272 e. The summed E-state index contributed by atoms with van der Waals surface area (Å²) in [5.41, 5.74) is 6.16. The second-order valence-corrected chi connectivity index (χ2v) is 3.64. The number of nitrogens with zero attached hydrogens (tertiary/aromatic N) is 3. The van der Waals surface area contributed by atoms with E-state index in [1.54, 1.807) is 19.1 Å². The number of aromatic nitrogens is 3. The van der Waals surface area contributed by atoms with Gasteiger partial charge < -0.3 is 5.73 Å². The van der Waals surface area contributed by atoms with Crippen LogP contribution in [0.1, 0.15) is 16.1 Å². The Hall–Kier alpha value is -2.77. The zero-order chi connectivity index (χ0) is 13.3. The summed E-state index contributed by atoms with van der Waals surface area (Å²) in [6.45, 7) is 1.62. The van der Waals surface area contributed by atoms with E-state index in [1.165, 1.54) is 6.07 Å². The summed E-state index contributed by atoms with van der Waals surface area (Å²) < 4.78 is 0. The highest BCUT2D eigenvalue weighted by Crippen LogP contribution is 2.26. The van der Waals surface area contributed by atoms with E-state index in [1.807, 2.05) is 0 Å². The van der Waals surface area contributed by atoms with Crippen molar-refractivity contribution in [2.45, 2.75) is 6.92 Å². The third kappa shape index (κ3) is 1.90. The number of amides is 1. The van der Waals surface area contributed by atoms with Gasteiger partial charge in [-0.1, -0.05) is 12.1 Å². The highest BCUT2D eigenvalue weighted by atomic mass is 16.6. The van der Waals surface area contributed by atoms with Crippen LogP contribution in [0.4, 0.5) is 5.69 Å². The standard InChI is InChI=1S/C10H9N5O3/c1-5-2-3-6(4-7(5)15(17)18)8-9(10(11)16)13-14-12-8/h2-4H,1H3,(H2,11,16)(H,12,13,14). The molecule has 8 heteroatoms. The van der Waals surface area contributed by atoms with Crippen LogP contribution in [0.25, 0.3) is 11.3 Å². The average molecular weight is 247 g/mol. The third-order valence-corrected chi connectivity index (χ3v) is 2.46. The Morgan fingerprint density at radius 3 is 2.78 bits per heavy atom. The predicted octanol–water partition coefficient (Wildman–Crippen LogP) is 0.787. The number of carbonyl (C=O) groups is 1. The minimum Gasteiger partial charge on any atom is -0.364 e. The highest BCUT2D eigenvalue weighted by Gasteiger charge is 2.18. The van der Waals surface area contributed by atoms with E-state index in [0.717, 1.165) is 0 Å². The Balaban J connectivity index is 2.58. The number of carbonyl (C=O) groups excluding carboxylic acids is 1. The molecule has 2 rings (SSSR count). The SMILES string of the molecule is Cc1ccc(-c2n[nH]nc2C(N)=O)cc1[N+](=O)[O-]. The van der Waals surface area contributed by atoms with Gasteiger partial charge in [-0.3, -0.25) is 14.9 Å². The summed E-state index contributed by atoms with van der Waals surface area (Å²) >= 11 is 0. The number of hydrogen-bond acceptors (Lipinski definition) is 5. The Morgan fingerprint density at radius 1 is 1.44 bits per heavy atom. The number of aryl methyl sites for hydroxylation is 1. The molecule has 0 saturated carbocycles. The normalized spacial score (nSPS) is 10.3. The molecule has 92 valence electrons. The molecule has 0 atom stereocenters. The second kappa shape index (κ2) is 4.24. The molecule has 0 bridgehead atoms. The van der Waals surface area contributed by atoms with Crippen LogP contribution in [-0.4, -0.2) is 26.2 Å². The molecule has 0 aliphatic carbocycles. The monoisotopic (exact) mass is 247 g/mol. The molecular formula is C10H9N5O3. The van der Waals surface area contributed by atoms with Crippen molar-refractivity contribution in [2.75, 3.05) is 0 Å². The first-order chi connectivity index (χ1) is 8.50. The number of nitrogens with one attached hydrogen (secondary N) is 1. The van der Waals surface area contributed by atoms with Gasteiger partial charge in [-0.25, -0.2) is 0 Å². The fourth-order valence-corrected chi connectivity index (χ4v) is 1.56. The largest absolute Gasteiger partial charge is 0.364 e. The quantitative estimate of drug-likeness (QED) is 0.612. The molecule has 8 nitrogen and oxygen atoms in total. The Morgan fingerprint density at radius 2 is 2.17 bits per heavy atom. The van der Waals surface area contributed by atoms with Crippen LogP contribution in [0.15, 0.2) is 18.2 Å². The maximum absolute atomic E-state index is 11.1. The summed E-state index contributed by atoms with van der Waals surface area (Å²) in [5, 5.41) is 20.5. The number of aromatic amines is 1. The zero-order valence-corrected chi connectivity index (χ0v) is 9.38. The number of primary amides is 1. The highest BCUT2D eigenvalue weighted by molar-refractivity contribution is 5.96. The zero-order valence-electron chi connectivity index (χ0n) is 9.38. The summed E-state index contributed by atoms with van der Waals surface area (Å²) in [6, 6.07) is 4.53. The Bertz CT molecular complexity index is 634. The molecule has 18 heavy (non-hydrogen) atoms. The maximum atomic E-state index is 11.1. The lowest BCUT2D eigenvalue weighted by atomic mass is 10.1. The van der Waals surface area contributed by atoms with Gasteiger partial charge in [0.25, 0.3) is 11.6 Å². The number of nitro groups is 1. The number of rotatable bonds is 3. The second-order valence-electron chi connectivity index (χ2n) is 3.64. The van der Waals surface area contributed by atoms with Gasteiger partial charge >= 0.3 is 0 Å². The lowest BCUT2D eigenvalue weighted by Crippen LogP contribution is -2.12. The van der Waals surface area contributed by atoms with Crippen molar-refractivity contribution in [3.05, 3.63) is 39.6 Å². The van der Waals surface area contributed by atoms with Crippen molar-refractivity contribution in [2.24, 2.45) is 5.73 Å². The molecule has 1 aromatic carbocycles. The average Bonchev–Trinajstić information content (AvgIpc) is 2.78. The van der Waals surface area contributed by atoms with Crippen LogP contribution in [0.5, 0.6) is 0 Å². The van der Waals surface area contributed by atoms with Crippen molar-refractivity contribution >= 4 is 11.6 Å². The minimum atomic E-state index is -0.748. The topological polar surface area (TPSA) is 128 Å².